The summed E-state index contributed by atoms with van der Waals surface area (Å²) >= 11 is 1.24. The molecule has 2 aromatic heterocycles. The summed E-state index contributed by atoms with van der Waals surface area (Å²) < 4.78 is 5.41. The maximum Gasteiger partial charge on any atom is 0.266 e. The number of fused-ring (bicyclic) bond motifs is 1. The second kappa shape index (κ2) is 7.13. The van der Waals surface area contributed by atoms with Gasteiger partial charge in [-0.05, 0) is 31.5 Å². The topological polar surface area (TPSA) is 87.3 Å². The standard InChI is InChI=1S/C19H20N4O3S/c1-11-15-17(24)20-12(2)21-19(15)27-16(11)18(25)22-13-5-3-4-6-14(13)23-7-9-26-10-8-23/h3-6H,7-10H2,1-2H3,(H,22,25)(H,20,21,24). The van der Waals surface area contributed by atoms with Crippen molar-refractivity contribution < 1.29 is 9.53 Å². The Morgan fingerprint density at radius 3 is 2.78 bits per heavy atom. The Labute approximate surface area is 160 Å². The Morgan fingerprint density at radius 1 is 1.26 bits per heavy atom. The number of H-pyrrole nitrogens is 1. The Morgan fingerprint density at radius 2 is 2.00 bits per heavy atom. The molecule has 4 rings (SSSR count). The first-order chi connectivity index (χ1) is 13.0. The van der Waals surface area contributed by atoms with E-state index in [-0.39, 0.29) is 11.5 Å². The molecule has 0 bridgehead atoms. The minimum Gasteiger partial charge on any atom is -0.378 e. The summed E-state index contributed by atoms with van der Waals surface area (Å²) in [5, 5.41) is 3.49. The molecule has 27 heavy (non-hydrogen) atoms. The van der Waals surface area contributed by atoms with E-state index in [1.165, 1.54) is 11.3 Å². The number of morpholine rings is 1. The lowest BCUT2D eigenvalue weighted by Gasteiger charge is -2.30. The highest BCUT2D eigenvalue weighted by Gasteiger charge is 2.21. The minimum absolute atomic E-state index is 0.209. The van der Waals surface area contributed by atoms with Crippen LogP contribution >= 0.6 is 11.3 Å². The smallest absolute Gasteiger partial charge is 0.266 e. The van der Waals surface area contributed by atoms with E-state index in [9.17, 15) is 9.59 Å². The molecule has 0 saturated carbocycles. The van der Waals surface area contributed by atoms with Crippen LogP contribution in [0.1, 0.15) is 21.1 Å². The molecule has 140 valence electrons. The van der Waals surface area contributed by atoms with E-state index in [1.54, 1.807) is 13.8 Å². The van der Waals surface area contributed by atoms with Gasteiger partial charge in [0.2, 0.25) is 0 Å². The zero-order chi connectivity index (χ0) is 19.0. The molecular formula is C19H20N4O3S. The molecule has 1 aliphatic heterocycles. The van der Waals surface area contributed by atoms with Gasteiger partial charge in [-0.1, -0.05) is 12.1 Å². The Bertz CT molecular complexity index is 1070. The van der Waals surface area contributed by atoms with Crippen molar-refractivity contribution in [2.45, 2.75) is 13.8 Å². The fraction of sp³-hybridized carbons (Fsp3) is 0.316. The molecule has 2 N–H and O–H groups in total. The number of ether oxygens (including phenoxy) is 1. The van der Waals surface area contributed by atoms with Crippen LogP contribution in [0.4, 0.5) is 11.4 Å². The van der Waals surface area contributed by atoms with Crippen molar-refractivity contribution in [3.05, 3.63) is 50.9 Å². The minimum atomic E-state index is -0.228. The quantitative estimate of drug-likeness (QED) is 0.725. The van der Waals surface area contributed by atoms with Gasteiger partial charge < -0.3 is 19.9 Å². The number of benzene rings is 1. The maximum absolute atomic E-state index is 13.0. The van der Waals surface area contributed by atoms with Crippen molar-refractivity contribution in [2.75, 3.05) is 36.5 Å². The average Bonchev–Trinajstić information content (AvgIpc) is 2.99. The first kappa shape index (κ1) is 17.7. The van der Waals surface area contributed by atoms with E-state index < -0.39 is 0 Å². The molecule has 0 radical (unpaired) electrons. The second-order valence-electron chi connectivity index (χ2n) is 6.46. The van der Waals surface area contributed by atoms with Crippen LogP contribution in [0.2, 0.25) is 0 Å². The molecule has 1 saturated heterocycles. The average molecular weight is 384 g/mol. The normalized spacial score (nSPS) is 14.5. The fourth-order valence-corrected chi connectivity index (χ4v) is 4.43. The van der Waals surface area contributed by atoms with Gasteiger partial charge in [-0.25, -0.2) is 4.98 Å². The number of hydrogen-bond acceptors (Lipinski definition) is 6. The lowest BCUT2D eigenvalue weighted by molar-refractivity contribution is 0.103. The van der Waals surface area contributed by atoms with Crippen LogP contribution in [0.3, 0.4) is 0 Å². The van der Waals surface area contributed by atoms with Gasteiger partial charge in [0.25, 0.3) is 11.5 Å². The molecule has 0 spiro atoms. The van der Waals surface area contributed by atoms with E-state index in [1.807, 2.05) is 24.3 Å². The molecule has 3 aromatic rings. The van der Waals surface area contributed by atoms with Gasteiger partial charge in [-0.15, -0.1) is 11.3 Å². The number of aromatic nitrogens is 2. The van der Waals surface area contributed by atoms with Crippen LogP contribution in [0.5, 0.6) is 0 Å². The number of amides is 1. The number of aromatic amines is 1. The third-order valence-electron chi connectivity index (χ3n) is 4.63. The van der Waals surface area contributed by atoms with Crippen LogP contribution in [0.25, 0.3) is 10.2 Å². The summed E-state index contributed by atoms with van der Waals surface area (Å²) in [6, 6.07) is 7.74. The molecule has 1 amide bonds. The Kier molecular flexibility index (Phi) is 4.67. The summed E-state index contributed by atoms with van der Waals surface area (Å²) in [6.07, 6.45) is 0. The molecule has 1 fully saturated rings. The van der Waals surface area contributed by atoms with E-state index in [4.69, 9.17) is 4.74 Å². The lowest BCUT2D eigenvalue weighted by atomic mass is 10.2. The van der Waals surface area contributed by atoms with Gasteiger partial charge in [-0.3, -0.25) is 9.59 Å². The number of carbonyl (C=O) groups is 1. The third kappa shape index (κ3) is 3.33. The number of carbonyl (C=O) groups excluding carboxylic acids is 1. The highest BCUT2D eigenvalue weighted by atomic mass is 32.1. The largest absolute Gasteiger partial charge is 0.378 e. The molecule has 1 aliphatic rings. The van der Waals surface area contributed by atoms with Crippen LogP contribution in [-0.2, 0) is 4.74 Å². The van der Waals surface area contributed by atoms with Gasteiger partial charge in [0.15, 0.2) is 0 Å². The first-order valence-corrected chi connectivity index (χ1v) is 9.59. The number of thiophene rings is 1. The first-order valence-electron chi connectivity index (χ1n) is 8.77. The van der Waals surface area contributed by atoms with Crippen molar-refractivity contribution >= 4 is 38.8 Å². The lowest BCUT2D eigenvalue weighted by Crippen LogP contribution is -2.36. The molecule has 0 unspecified atom stereocenters. The predicted molar refractivity (Wildman–Crippen MR) is 107 cm³/mol. The molecule has 3 heterocycles. The molecule has 7 nitrogen and oxygen atoms in total. The van der Waals surface area contributed by atoms with Crippen LogP contribution < -0.4 is 15.8 Å². The second-order valence-corrected chi connectivity index (χ2v) is 7.46. The number of para-hydroxylation sites is 2. The zero-order valence-corrected chi connectivity index (χ0v) is 16.0. The van der Waals surface area contributed by atoms with Gasteiger partial charge >= 0.3 is 0 Å². The monoisotopic (exact) mass is 384 g/mol. The zero-order valence-electron chi connectivity index (χ0n) is 15.2. The molecule has 1 aromatic carbocycles. The van der Waals surface area contributed by atoms with Gasteiger partial charge in [0, 0.05) is 13.1 Å². The van der Waals surface area contributed by atoms with Gasteiger partial charge in [0.05, 0.1) is 34.9 Å². The number of anilines is 2. The Balaban J connectivity index is 1.67. The van der Waals surface area contributed by atoms with Gasteiger partial charge in [-0.2, -0.15) is 0 Å². The van der Waals surface area contributed by atoms with E-state index in [0.29, 0.717) is 39.7 Å². The molecular weight excluding hydrogens is 364 g/mol. The number of nitrogens with one attached hydrogen (secondary N) is 2. The van der Waals surface area contributed by atoms with Crippen molar-refractivity contribution in [2.24, 2.45) is 0 Å². The van der Waals surface area contributed by atoms with Crippen molar-refractivity contribution in [3.63, 3.8) is 0 Å². The van der Waals surface area contributed by atoms with Crippen molar-refractivity contribution in [1.29, 1.82) is 0 Å². The molecule has 8 heteroatoms. The Hall–Kier alpha value is -2.71. The summed E-state index contributed by atoms with van der Waals surface area (Å²) in [4.78, 5) is 35.5. The SMILES string of the molecule is Cc1nc2sc(C(=O)Nc3ccccc3N3CCOCC3)c(C)c2c(=O)[nH]1. The van der Waals surface area contributed by atoms with E-state index in [2.05, 4.69) is 20.2 Å². The van der Waals surface area contributed by atoms with Crippen molar-refractivity contribution in [1.82, 2.24) is 9.97 Å². The van der Waals surface area contributed by atoms with Crippen LogP contribution in [0.15, 0.2) is 29.1 Å². The number of hydrogen-bond donors (Lipinski definition) is 2. The predicted octanol–water partition coefficient (Wildman–Crippen LogP) is 2.69. The summed E-state index contributed by atoms with van der Waals surface area (Å²) in [6.45, 7) is 6.43. The van der Waals surface area contributed by atoms with Gasteiger partial charge in [0.1, 0.15) is 10.7 Å². The van der Waals surface area contributed by atoms with Crippen LogP contribution in [0, 0.1) is 13.8 Å². The molecule has 0 atom stereocenters. The number of nitrogens with zero attached hydrogens (tertiary/aromatic N) is 2. The van der Waals surface area contributed by atoms with E-state index in [0.717, 1.165) is 24.5 Å². The number of rotatable bonds is 3. The maximum atomic E-state index is 13.0. The third-order valence-corrected chi connectivity index (χ3v) is 5.81. The van der Waals surface area contributed by atoms with Crippen LogP contribution in [-0.4, -0.2) is 42.2 Å². The summed E-state index contributed by atoms with van der Waals surface area (Å²) in [7, 11) is 0. The molecule has 0 aliphatic carbocycles. The summed E-state index contributed by atoms with van der Waals surface area (Å²) in [5.74, 6) is 0.312. The highest BCUT2D eigenvalue weighted by Crippen LogP contribution is 2.30. The van der Waals surface area contributed by atoms with E-state index >= 15 is 0 Å². The van der Waals surface area contributed by atoms with Crippen molar-refractivity contribution in [3.8, 4) is 0 Å². The fourth-order valence-electron chi connectivity index (χ4n) is 3.31. The summed E-state index contributed by atoms with van der Waals surface area (Å²) in [5.41, 5.74) is 2.17. The highest BCUT2D eigenvalue weighted by molar-refractivity contribution is 7.20. The number of aryl methyl sites for hydroxylation is 2.